The minimum Gasteiger partial charge on any atom is -0.481 e. The summed E-state index contributed by atoms with van der Waals surface area (Å²) in [7, 11) is 0. The monoisotopic (exact) mass is 515 g/mol. The first kappa shape index (κ1) is 25.0. The Hall–Kier alpha value is -3.72. The molecular weight excluding hydrogens is 486 g/mol. The van der Waals surface area contributed by atoms with Crippen LogP contribution < -0.4 is 4.90 Å². The van der Waals surface area contributed by atoms with E-state index in [9.17, 15) is 14.7 Å². The van der Waals surface area contributed by atoms with Crippen LogP contribution in [-0.4, -0.2) is 49.9 Å². The molecule has 5 rings (SSSR count). The molecule has 190 valence electrons. The van der Waals surface area contributed by atoms with Gasteiger partial charge in [0.25, 0.3) is 0 Å². The summed E-state index contributed by atoms with van der Waals surface area (Å²) in [6.45, 7) is 5.03. The number of fused-ring (bicyclic) bond motifs is 1. The Morgan fingerprint density at radius 1 is 1.05 bits per heavy atom. The van der Waals surface area contributed by atoms with E-state index in [4.69, 9.17) is 4.98 Å². The summed E-state index contributed by atoms with van der Waals surface area (Å²) in [6.07, 6.45) is 10.0. The quantitative estimate of drug-likeness (QED) is 0.331. The third kappa shape index (κ3) is 5.22. The van der Waals surface area contributed by atoms with Crippen molar-refractivity contribution in [1.29, 1.82) is 0 Å². The van der Waals surface area contributed by atoms with Gasteiger partial charge in [-0.1, -0.05) is 6.92 Å². The molecule has 0 spiro atoms. The van der Waals surface area contributed by atoms with Gasteiger partial charge in [-0.3, -0.25) is 14.6 Å². The maximum Gasteiger partial charge on any atom is 0.309 e. The molecule has 1 aliphatic heterocycles. The maximum atomic E-state index is 12.3. The highest BCUT2D eigenvalue weighted by Gasteiger charge is 2.37. The first-order valence-electron chi connectivity index (χ1n) is 12.5. The van der Waals surface area contributed by atoms with E-state index in [2.05, 4.69) is 21.0 Å². The number of aliphatic carboxylic acids is 1. The lowest BCUT2D eigenvalue weighted by molar-refractivity contribution is -0.149. The number of ketones is 1. The molecule has 1 saturated heterocycles. The van der Waals surface area contributed by atoms with E-state index < -0.39 is 11.4 Å². The summed E-state index contributed by atoms with van der Waals surface area (Å²) in [6, 6.07) is 8.09. The molecule has 37 heavy (non-hydrogen) atoms. The molecule has 0 aliphatic carbocycles. The number of hydrogen-bond acceptors (Lipinski definition) is 8. The van der Waals surface area contributed by atoms with Gasteiger partial charge in [0, 0.05) is 55.4 Å². The van der Waals surface area contributed by atoms with Gasteiger partial charge in [-0.05, 0) is 61.6 Å². The summed E-state index contributed by atoms with van der Waals surface area (Å²) in [5.74, 6) is 0.0679. The third-order valence-electron chi connectivity index (χ3n) is 7.04. The molecule has 3 aromatic heterocycles. The molecule has 4 heterocycles. The number of thiazole rings is 1. The molecule has 0 amide bonds. The van der Waals surface area contributed by atoms with Crippen molar-refractivity contribution in [2.75, 3.05) is 18.0 Å². The zero-order chi connectivity index (χ0) is 26.0. The minimum absolute atomic E-state index is 0.206. The fraction of sp³-hybridized carbons (Fsp3) is 0.357. The Morgan fingerprint density at radius 3 is 2.41 bits per heavy atom. The standard InChI is InChI=1S/C28H29N5O3S/c1-3-4-21(34)15-24-32-23-14-19(13-22(25(23)37-24)18-5-9-29-10-6-18)20-16-30-27(31-17-20)33-11-7-28(2,8-12-33)26(35)36/h5-6,9-10,13-14,16-17H,3-4,7-8,11-12,15H2,1-2H3,(H,35,36). The van der Waals surface area contributed by atoms with Gasteiger partial charge in [-0.2, -0.15) is 0 Å². The van der Waals surface area contributed by atoms with Gasteiger partial charge < -0.3 is 10.0 Å². The second-order valence-corrected chi connectivity index (χ2v) is 10.9. The minimum atomic E-state index is -0.747. The lowest BCUT2D eigenvalue weighted by atomic mass is 9.80. The van der Waals surface area contributed by atoms with Crippen LogP contribution in [0.3, 0.4) is 0 Å². The van der Waals surface area contributed by atoms with Crippen LogP contribution in [0, 0.1) is 5.41 Å². The number of aromatic nitrogens is 4. The largest absolute Gasteiger partial charge is 0.481 e. The summed E-state index contributed by atoms with van der Waals surface area (Å²) in [4.78, 5) is 44.1. The van der Waals surface area contributed by atoms with Gasteiger partial charge in [-0.15, -0.1) is 11.3 Å². The van der Waals surface area contributed by atoms with Crippen molar-refractivity contribution < 1.29 is 14.7 Å². The molecule has 9 heteroatoms. The molecular formula is C28H29N5O3S. The van der Waals surface area contributed by atoms with E-state index in [-0.39, 0.29) is 5.78 Å². The second-order valence-electron chi connectivity index (χ2n) is 9.81. The third-order valence-corrected chi connectivity index (χ3v) is 8.15. The molecule has 1 fully saturated rings. The lowest BCUT2D eigenvalue weighted by Gasteiger charge is -2.36. The lowest BCUT2D eigenvalue weighted by Crippen LogP contribution is -2.43. The number of carboxylic acid groups (broad SMARTS) is 1. The van der Waals surface area contributed by atoms with Crippen LogP contribution in [0.2, 0.25) is 0 Å². The van der Waals surface area contributed by atoms with E-state index in [1.165, 1.54) is 0 Å². The molecule has 0 unspecified atom stereocenters. The Labute approximate surface area is 219 Å². The highest BCUT2D eigenvalue weighted by atomic mass is 32.1. The first-order chi connectivity index (χ1) is 17.9. The predicted octanol–water partition coefficient (Wildman–Crippen LogP) is 5.42. The van der Waals surface area contributed by atoms with Gasteiger partial charge in [0.15, 0.2) is 0 Å². The maximum absolute atomic E-state index is 12.3. The highest BCUT2D eigenvalue weighted by molar-refractivity contribution is 7.19. The van der Waals surface area contributed by atoms with Crippen molar-refractivity contribution in [1.82, 2.24) is 19.9 Å². The van der Waals surface area contributed by atoms with E-state index >= 15 is 0 Å². The second kappa shape index (κ2) is 10.3. The average Bonchev–Trinajstić information content (AvgIpc) is 3.31. The summed E-state index contributed by atoms with van der Waals surface area (Å²) < 4.78 is 1.04. The SMILES string of the molecule is CCCC(=O)Cc1nc2cc(-c3cnc(N4CCC(C)(C(=O)O)CC4)nc3)cc(-c3ccncc3)c2s1. The number of carboxylic acids is 1. The number of pyridine rings is 1. The zero-order valence-corrected chi connectivity index (χ0v) is 21.8. The number of benzene rings is 1. The van der Waals surface area contributed by atoms with Crippen molar-refractivity contribution >= 4 is 39.3 Å². The van der Waals surface area contributed by atoms with Crippen molar-refractivity contribution in [2.24, 2.45) is 5.41 Å². The zero-order valence-electron chi connectivity index (χ0n) is 21.0. The summed E-state index contributed by atoms with van der Waals surface area (Å²) in [5.41, 5.74) is 4.04. The smallest absolute Gasteiger partial charge is 0.309 e. The molecule has 0 atom stereocenters. The van der Waals surface area contributed by atoms with Crippen LogP contribution in [0.4, 0.5) is 5.95 Å². The van der Waals surface area contributed by atoms with Crippen LogP contribution in [-0.2, 0) is 16.0 Å². The van der Waals surface area contributed by atoms with E-state index in [1.54, 1.807) is 30.7 Å². The Balaban J connectivity index is 1.46. The first-order valence-corrected chi connectivity index (χ1v) is 13.3. The van der Waals surface area contributed by atoms with Gasteiger partial charge >= 0.3 is 5.97 Å². The molecule has 1 aromatic carbocycles. The Kier molecular flexibility index (Phi) is 6.97. The van der Waals surface area contributed by atoms with Crippen molar-refractivity contribution in [3.05, 3.63) is 54.1 Å². The number of rotatable bonds is 8. The number of piperidine rings is 1. The van der Waals surface area contributed by atoms with Crippen LogP contribution in [0.5, 0.6) is 0 Å². The molecule has 8 nitrogen and oxygen atoms in total. The van der Waals surface area contributed by atoms with Gasteiger partial charge in [0.1, 0.15) is 10.8 Å². The Bertz CT molecular complexity index is 1430. The predicted molar refractivity (Wildman–Crippen MR) is 145 cm³/mol. The molecule has 1 N–H and O–H groups in total. The van der Waals surface area contributed by atoms with Crippen molar-refractivity contribution in [3.63, 3.8) is 0 Å². The molecule has 4 aromatic rings. The van der Waals surface area contributed by atoms with Gasteiger partial charge in [0.05, 0.1) is 22.1 Å². The number of carbonyl (C=O) groups is 2. The summed E-state index contributed by atoms with van der Waals surface area (Å²) >= 11 is 1.57. The fourth-order valence-corrected chi connectivity index (χ4v) is 5.76. The van der Waals surface area contributed by atoms with Crippen LogP contribution >= 0.6 is 11.3 Å². The van der Waals surface area contributed by atoms with Gasteiger partial charge in [0.2, 0.25) is 5.95 Å². The Morgan fingerprint density at radius 2 is 1.76 bits per heavy atom. The number of carbonyl (C=O) groups excluding carboxylic acids is 1. The topological polar surface area (TPSA) is 109 Å². The van der Waals surface area contributed by atoms with Gasteiger partial charge in [-0.25, -0.2) is 15.0 Å². The van der Waals surface area contributed by atoms with E-state index in [0.717, 1.165) is 43.9 Å². The van der Waals surface area contributed by atoms with E-state index in [1.807, 2.05) is 42.4 Å². The number of Topliss-reactive ketones (excluding diaryl/α,β-unsaturated/α-hetero) is 1. The number of nitrogens with zero attached hydrogens (tertiary/aromatic N) is 5. The van der Waals surface area contributed by atoms with Crippen molar-refractivity contribution in [2.45, 2.75) is 46.0 Å². The average molecular weight is 516 g/mol. The fourth-order valence-electron chi connectivity index (χ4n) is 4.65. The number of hydrogen-bond donors (Lipinski definition) is 1. The number of anilines is 1. The summed E-state index contributed by atoms with van der Waals surface area (Å²) in [5, 5.41) is 10.3. The molecule has 1 aliphatic rings. The molecule has 0 radical (unpaired) electrons. The normalized spacial score (nSPS) is 15.1. The van der Waals surface area contributed by atoms with Crippen molar-refractivity contribution in [3.8, 4) is 22.3 Å². The van der Waals surface area contributed by atoms with Crippen LogP contribution in [0.1, 0.15) is 44.5 Å². The van der Waals surface area contributed by atoms with Crippen LogP contribution in [0.25, 0.3) is 32.5 Å². The molecule has 0 bridgehead atoms. The van der Waals surface area contributed by atoms with E-state index in [0.29, 0.717) is 44.7 Å². The van der Waals surface area contributed by atoms with Crippen LogP contribution in [0.15, 0.2) is 49.1 Å². The highest BCUT2D eigenvalue weighted by Crippen LogP contribution is 2.38. The molecule has 0 saturated carbocycles.